The molecule has 0 spiro atoms. The van der Waals surface area contributed by atoms with E-state index in [2.05, 4.69) is 0 Å². The number of halogens is 1. The third-order valence-electron chi connectivity index (χ3n) is 3.44. The maximum atomic E-state index is 13.9. The summed E-state index contributed by atoms with van der Waals surface area (Å²) in [5.74, 6) is -0.508. The number of nitrogens with zero attached hydrogens (tertiary/aromatic N) is 1. The predicted molar refractivity (Wildman–Crippen MR) is 69.5 cm³/mol. The largest absolute Gasteiger partial charge is 0.390 e. The molecule has 0 amide bonds. The van der Waals surface area contributed by atoms with Crippen LogP contribution < -0.4 is 10.6 Å². The van der Waals surface area contributed by atoms with Crippen molar-refractivity contribution in [3.05, 3.63) is 29.6 Å². The Morgan fingerprint density at radius 2 is 2.06 bits per heavy atom. The topological polar surface area (TPSA) is 73.3 Å². The molecule has 5 heteroatoms. The van der Waals surface area contributed by atoms with Crippen LogP contribution in [0.5, 0.6) is 0 Å². The molecule has 1 aliphatic heterocycles. The molecule has 0 unspecified atom stereocenters. The first kappa shape index (κ1) is 12.8. The van der Waals surface area contributed by atoms with Crippen LogP contribution in [-0.4, -0.2) is 29.6 Å². The van der Waals surface area contributed by atoms with Gasteiger partial charge >= 0.3 is 0 Å². The van der Waals surface area contributed by atoms with E-state index in [0.717, 1.165) is 0 Å². The van der Waals surface area contributed by atoms with Gasteiger partial charge in [-0.15, -0.1) is 0 Å². The van der Waals surface area contributed by atoms with Crippen LogP contribution in [0.4, 0.5) is 10.1 Å². The van der Waals surface area contributed by atoms with Crippen LogP contribution in [-0.2, 0) is 0 Å². The van der Waals surface area contributed by atoms with Crippen molar-refractivity contribution in [2.45, 2.75) is 25.4 Å². The van der Waals surface area contributed by atoms with Gasteiger partial charge < -0.3 is 15.7 Å². The van der Waals surface area contributed by atoms with Gasteiger partial charge in [-0.2, -0.15) is 0 Å². The van der Waals surface area contributed by atoms with E-state index in [-0.39, 0.29) is 11.7 Å². The van der Waals surface area contributed by atoms with Crippen molar-refractivity contribution >= 4 is 11.5 Å². The van der Waals surface area contributed by atoms with Crippen molar-refractivity contribution in [2.75, 3.05) is 18.0 Å². The first-order valence-corrected chi connectivity index (χ1v) is 6.00. The molecule has 0 atom stereocenters. The van der Waals surface area contributed by atoms with Crippen molar-refractivity contribution in [1.29, 1.82) is 5.41 Å². The fourth-order valence-electron chi connectivity index (χ4n) is 2.16. The normalized spacial score (nSPS) is 18.7. The van der Waals surface area contributed by atoms with Crippen molar-refractivity contribution in [2.24, 2.45) is 5.73 Å². The minimum absolute atomic E-state index is 0.137. The second-order valence-corrected chi connectivity index (χ2v) is 5.06. The predicted octanol–water partition coefficient (Wildman–Crippen LogP) is 1.46. The van der Waals surface area contributed by atoms with Gasteiger partial charge in [-0.1, -0.05) is 0 Å². The first-order valence-electron chi connectivity index (χ1n) is 6.00. The number of nitrogens with two attached hydrogens (primary N) is 1. The van der Waals surface area contributed by atoms with E-state index in [9.17, 15) is 9.50 Å². The second kappa shape index (κ2) is 4.57. The maximum Gasteiger partial charge on any atom is 0.147 e. The zero-order valence-corrected chi connectivity index (χ0v) is 10.4. The quantitative estimate of drug-likeness (QED) is 0.550. The molecule has 1 saturated heterocycles. The number of amidine groups is 1. The molecule has 1 aliphatic rings. The molecular formula is C13H18FN3O. The van der Waals surface area contributed by atoms with Crippen LogP contribution in [0.3, 0.4) is 0 Å². The minimum Gasteiger partial charge on any atom is -0.390 e. The Balaban J connectivity index is 2.17. The summed E-state index contributed by atoms with van der Waals surface area (Å²) in [7, 11) is 0. The average Bonchev–Trinajstić information content (AvgIpc) is 2.29. The van der Waals surface area contributed by atoms with Gasteiger partial charge in [0.2, 0.25) is 0 Å². The Morgan fingerprint density at radius 3 is 2.56 bits per heavy atom. The summed E-state index contributed by atoms with van der Waals surface area (Å²) in [6.45, 7) is 3.06. The lowest BCUT2D eigenvalue weighted by Gasteiger charge is -2.37. The number of benzene rings is 1. The van der Waals surface area contributed by atoms with Crippen LogP contribution in [0, 0.1) is 11.2 Å². The van der Waals surface area contributed by atoms with Gasteiger partial charge in [0.15, 0.2) is 0 Å². The molecule has 1 heterocycles. The van der Waals surface area contributed by atoms with Gasteiger partial charge in [-0.05, 0) is 38.0 Å². The smallest absolute Gasteiger partial charge is 0.147 e. The zero-order chi connectivity index (χ0) is 13.3. The molecule has 2 rings (SSSR count). The Hall–Kier alpha value is -1.62. The van der Waals surface area contributed by atoms with Crippen LogP contribution in [0.25, 0.3) is 0 Å². The molecule has 4 nitrogen and oxygen atoms in total. The van der Waals surface area contributed by atoms with E-state index in [0.29, 0.717) is 37.2 Å². The standard InChI is InChI=1S/C13H18FN3O/c1-13(18)4-6-17(7-5-13)11-3-2-9(12(15)16)8-10(11)14/h2-3,8,18H,4-7H2,1H3,(H3,15,16). The Kier molecular flexibility index (Phi) is 3.26. The van der Waals surface area contributed by atoms with Gasteiger partial charge in [0.1, 0.15) is 11.7 Å². The maximum absolute atomic E-state index is 13.9. The first-order chi connectivity index (χ1) is 8.39. The van der Waals surface area contributed by atoms with Crippen LogP contribution in [0.2, 0.25) is 0 Å². The molecule has 0 saturated carbocycles. The highest BCUT2D eigenvalue weighted by Gasteiger charge is 2.28. The molecule has 0 radical (unpaired) electrons. The molecule has 1 fully saturated rings. The summed E-state index contributed by atoms with van der Waals surface area (Å²) in [6, 6.07) is 4.57. The van der Waals surface area contributed by atoms with E-state index in [1.54, 1.807) is 19.1 Å². The van der Waals surface area contributed by atoms with E-state index in [4.69, 9.17) is 11.1 Å². The van der Waals surface area contributed by atoms with Crippen LogP contribution >= 0.6 is 0 Å². The number of piperidine rings is 1. The molecular weight excluding hydrogens is 233 g/mol. The fourth-order valence-corrected chi connectivity index (χ4v) is 2.16. The molecule has 98 valence electrons. The highest BCUT2D eigenvalue weighted by Crippen LogP contribution is 2.28. The van der Waals surface area contributed by atoms with Gasteiger partial charge in [0.05, 0.1) is 11.3 Å². The summed E-state index contributed by atoms with van der Waals surface area (Å²) in [4.78, 5) is 1.91. The molecule has 1 aromatic carbocycles. The van der Waals surface area contributed by atoms with Crippen molar-refractivity contribution < 1.29 is 9.50 Å². The molecule has 0 aromatic heterocycles. The number of aliphatic hydroxyl groups is 1. The molecule has 0 bridgehead atoms. The van der Waals surface area contributed by atoms with Crippen molar-refractivity contribution in [3.63, 3.8) is 0 Å². The van der Waals surface area contributed by atoms with Crippen LogP contribution in [0.1, 0.15) is 25.3 Å². The summed E-state index contributed by atoms with van der Waals surface area (Å²) in [5, 5.41) is 17.1. The number of nitrogens with one attached hydrogen (secondary N) is 1. The number of hydrogen-bond donors (Lipinski definition) is 3. The van der Waals surface area contributed by atoms with E-state index in [1.165, 1.54) is 6.07 Å². The van der Waals surface area contributed by atoms with Crippen molar-refractivity contribution in [3.8, 4) is 0 Å². The molecule has 18 heavy (non-hydrogen) atoms. The van der Waals surface area contributed by atoms with Gasteiger partial charge in [-0.3, -0.25) is 5.41 Å². The number of nitrogen functional groups attached to an aromatic ring is 1. The Bertz CT molecular complexity index is 463. The Morgan fingerprint density at radius 1 is 1.44 bits per heavy atom. The van der Waals surface area contributed by atoms with Gasteiger partial charge in [0, 0.05) is 18.7 Å². The van der Waals surface area contributed by atoms with Crippen molar-refractivity contribution in [1.82, 2.24) is 0 Å². The lowest BCUT2D eigenvalue weighted by Crippen LogP contribution is -2.42. The Labute approximate surface area is 106 Å². The van der Waals surface area contributed by atoms with Crippen LogP contribution in [0.15, 0.2) is 18.2 Å². The van der Waals surface area contributed by atoms with E-state index in [1.807, 2.05) is 4.90 Å². The average molecular weight is 251 g/mol. The third-order valence-corrected chi connectivity index (χ3v) is 3.44. The van der Waals surface area contributed by atoms with E-state index < -0.39 is 5.60 Å². The zero-order valence-electron chi connectivity index (χ0n) is 10.4. The summed E-state index contributed by atoms with van der Waals surface area (Å²) >= 11 is 0. The van der Waals surface area contributed by atoms with Gasteiger partial charge in [-0.25, -0.2) is 4.39 Å². The monoisotopic (exact) mass is 251 g/mol. The highest BCUT2D eigenvalue weighted by atomic mass is 19.1. The molecule has 4 N–H and O–H groups in total. The second-order valence-electron chi connectivity index (χ2n) is 5.06. The highest BCUT2D eigenvalue weighted by molar-refractivity contribution is 5.95. The summed E-state index contributed by atoms with van der Waals surface area (Å²) < 4.78 is 13.9. The minimum atomic E-state index is -0.647. The summed E-state index contributed by atoms with van der Waals surface area (Å²) in [5.41, 5.74) is 5.57. The number of hydrogen-bond acceptors (Lipinski definition) is 3. The lowest BCUT2D eigenvalue weighted by atomic mass is 9.93. The molecule has 1 aromatic rings. The number of rotatable bonds is 2. The fraction of sp³-hybridized carbons (Fsp3) is 0.462. The van der Waals surface area contributed by atoms with E-state index >= 15 is 0 Å². The third kappa shape index (κ3) is 2.61. The van der Waals surface area contributed by atoms with Gasteiger partial charge in [0.25, 0.3) is 0 Å². The SMILES string of the molecule is CC1(O)CCN(c2ccc(C(=N)N)cc2F)CC1. The lowest BCUT2D eigenvalue weighted by molar-refractivity contribution is 0.0350. The summed E-state index contributed by atoms with van der Waals surface area (Å²) in [6.07, 6.45) is 1.25. The molecule has 0 aliphatic carbocycles. The number of anilines is 1.